The lowest BCUT2D eigenvalue weighted by Crippen LogP contribution is -2.04. The molecule has 0 unspecified atom stereocenters. The lowest BCUT2D eigenvalue weighted by Gasteiger charge is -2.02. The fourth-order valence-corrected chi connectivity index (χ4v) is 1.70. The Hall–Kier alpha value is -1.49. The summed E-state index contributed by atoms with van der Waals surface area (Å²) in [4.78, 5) is 11.8. The topological polar surface area (TPSA) is 30.2 Å². The van der Waals surface area contributed by atoms with Crippen molar-refractivity contribution in [2.24, 2.45) is 0 Å². The first kappa shape index (κ1) is 12.0. The van der Waals surface area contributed by atoms with Gasteiger partial charge in [0.1, 0.15) is 11.6 Å². The molecule has 1 heterocycles. The van der Waals surface area contributed by atoms with Crippen molar-refractivity contribution in [3.63, 3.8) is 0 Å². The van der Waals surface area contributed by atoms with Gasteiger partial charge in [-0.15, -0.1) is 0 Å². The van der Waals surface area contributed by atoms with Crippen LogP contribution >= 0.6 is 15.9 Å². The Kier molecular flexibility index (Phi) is 3.11. The van der Waals surface area contributed by atoms with Crippen LogP contribution in [0.25, 0.3) is 0 Å². The average Bonchev–Trinajstić information content (AvgIpc) is 2.69. The van der Waals surface area contributed by atoms with E-state index in [9.17, 15) is 13.6 Å². The molecule has 1 aromatic heterocycles. The first-order valence-electron chi connectivity index (χ1n) is 4.74. The molecule has 0 N–H and O–H groups in total. The Bertz CT molecular complexity index is 590. The third kappa shape index (κ3) is 2.29. The van der Waals surface area contributed by atoms with Gasteiger partial charge >= 0.3 is 0 Å². The molecule has 88 valence electrons. The van der Waals surface area contributed by atoms with E-state index in [1.807, 2.05) is 0 Å². The van der Waals surface area contributed by atoms with Gasteiger partial charge in [-0.2, -0.15) is 0 Å². The van der Waals surface area contributed by atoms with E-state index >= 15 is 0 Å². The van der Waals surface area contributed by atoms with Crippen LogP contribution in [0.2, 0.25) is 0 Å². The number of hydrogen-bond donors (Lipinski definition) is 0. The maximum atomic E-state index is 13.5. The second-order valence-electron chi connectivity index (χ2n) is 3.51. The molecular weight excluding hydrogens is 294 g/mol. The average molecular weight is 301 g/mol. The van der Waals surface area contributed by atoms with Crippen molar-refractivity contribution in [1.82, 2.24) is 0 Å². The summed E-state index contributed by atoms with van der Waals surface area (Å²) in [7, 11) is 0. The van der Waals surface area contributed by atoms with Crippen LogP contribution < -0.4 is 0 Å². The zero-order valence-corrected chi connectivity index (χ0v) is 10.3. The Morgan fingerprint density at radius 3 is 2.53 bits per heavy atom. The first-order chi connectivity index (χ1) is 7.99. The molecule has 0 atom stereocenters. The van der Waals surface area contributed by atoms with Crippen molar-refractivity contribution >= 4 is 21.7 Å². The second kappa shape index (κ2) is 4.41. The Morgan fingerprint density at radius 2 is 1.94 bits per heavy atom. The molecule has 0 aliphatic rings. The Morgan fingerprint density at radius 1 is 1.24 bits per heavy atom. The van der Waals surface area contributed by atoms with Crippen LogP contribution in [-0.2, 0) is 0 Å². The van der Waals surface area contributed by atoms with E-state index < -0.39 is 17.4 Å². The maximum Gasteiger partial charge on any atom is 0.231 e. The molecule has 17 heavy (non-hydrogen) atoms. The molecule has 0 fully saturated rings. The highest BCUT2D eigenvalue weighted by molar-refractivity contribution is 9.10. The van der Waals surface area contributed by atoms with Crippen LogP contribution in [0.15, 0.2) is 33.4 Å². The van der Waals surface area contributed by atoms with Gasteiger partial charge in [-0.3, -0.25) is 4.79 Å². The summed E-state index contributed by atoms with van der Waals surface area (Å²) in [5.74, 6) is -2.12. The molecule has 2 rings (SSSR count). The lowest BCUT2D eigenvalue weighted by atomic mass is 10.1. The minimum atomic E-state index is -0.763. The summed E-state index contributed by atoms with van der Waals surface area (Å²) in [5.41, 5.74) is -0.186. The molecule has 0 spiro atoms. The van der Waals surface area contributed by atoms with Crippen molar-refractivity contribution in [3.8, 4) is 0 Å². The van der Waals surface area contributed by atoms with Gasteiger partial charge < -0.3 is 4.42 Å². The van der Waals surface area contributed by atoms with E-state index in [4.69, 9.17) is 4.42 Å². The Labute approximate surface area is 104 Å². The summed E-state index contributed by atoms with van der Waals surface area (Å²) >= 11 is 3.03. The first-order valence-corrected chi connectivity index (χ1v) is 5.54. The summed E-state index contributed by atoms with van der Waals surface area (Å²) in [6, 6.07) is 4.77. The third-order valence-corrected chi connectivity index (χ3v) is 2.72. The van der Waals surface area contributed by atoms with Gasteiger partial charge in [0, 0.05) is 0 Å². The molecule has 0 saturated heterocycles. The summed E-state index contributed by atoms with van der Waals surface area (Å²) in [6.45, 7) is 1.43. The van der Waals surface area contributed by atoms with E-state index in [-0.39, 0.29) is 16.9 Å². The monoisotopic (exact) mass is 300 g/mol. The third-order valence-electron chi connectivity index (χ3n) is 2.29. The van der Waals surface area contributed by atoms with Gasteiger partial charge in [-0.1, -0.05) is 0 Å². The molecule has 0 aliphatic heterocycles. The zero-order valence-electron chi connectivity index (χ0n) is 8.76. The standard InChI is InChI=1S/C12H7BrF2O2/c1-6-4-9(15)7(5-8(6)14)12(16)10-2-3-11(13)17-10/h2-5H,1H3. The SMILES string of the molecule is Cc1cc(F)c(C(=O)c2ccc(Br)o2)cc1F. The van der Waals surface area contributed by atoms with Crippen molar-refractivity contribution in [2.75, 3.05) is 0 Å². The van der Waals surface area contributed by atoms with E-state index in [1.54, 1.807) is 0 Å². The molecule has 0 bridgehead atoms. The molecule has 0 aliphatic carbocycles. The van der Waals surface area contributed by atoms with E-state index in [0.29, 0.717) is 4.67 Å². The number of furan rings is 1. The molecular formula is C12H7BrF2O2. The molecule has 1 aromatic carbocycles. The van der Waals surface area contributed by atoms with Crippen molar-refractivity contribution in [2.45, 2.75) is 6.92 Å². The number of carbonyl (C=O) groups is 1. The second-order valence-corrected chi connectivity index (χ2v) is 4.30. The molecule has 5 heteroatoms. The predicted molar refractivity (Wildman–Crippen MR) is 60.9 cm³/mol. The number of hydrogen-bond acceptors (Lipinski definition) is 2. The van der Waals surface area contributed by atoms with Gasteiger partial charge in [-0.25, -0.2) is 8.78 Å². The van der Waals surface area contributed by atoms with Crippen LogP contribution in [-0.4, -0.2) is 5.78 Å². The van der Waals surface area contributed by atoms with Gasteiger partial charge in [-0.05, 0) is 52.7 Å². The summed E-state index contributed by atoms with van der Waals surface area (Å²) in [5, 5.41) is 0. The number of ketones is 1. The van der Waals surface area contributed by atoms with Gasteiger partial charge in [0.15, 0.2) is 10.4 Å². The summed E-state index contributed by atoms with van der Waals surface area (Å²) in [6.07, 6.45) is 0. The highest BCUT2D eigenvalue weighted by Crippen LogP contribution is 2.21. The van der Waals surface area contributed by atoms with E-state index in [0.717, 1.165) is 12.1 Å². The van der Waals surface area contributed by atoms with Crippen LogP contribution in [0.4, 0.5) is 8.78 Å². The lowest BCUT2D eigenvalue weighted by molar-refractivity contribution is 0.100. The molecule has 0 radical (unpaired) electrons. The number of rotatable bonds is 2. The minimum absolute atomic E-state index is 0.0426. The highest BCUT2D eigenvalue weighted by atomic mass is 79.9. The van der Waals surface area contributed by atoms with Crippen molar-refractivity contribution in [3.05, 3.63) is 57.5 Å². The van der Waals surface area contributed by atoms with Crippen LogP contribution in [0, 0.1) is 18.6 Å². The van der Waals surface area contributed by atoms with Gasteiger partial charge in [0.25, 0.3) is 0 Å². The normalized spacial score (nSPS) is 10.6. The maximum absolute atomic E-state index is 13.5. The van der Waals surface area contributed by atoms with E-state index in [2.05, 4.69) is 15.9 Å². The number of halogens is 3. The van der Waals surface area contributed by atoms with Gasteiger partial charge in [0.2, 0.25) is 5.78 Å². The van der Waals surface area contributed by atoms with Crippen molar-refractivity contribution in [1.29, 1.82) is 0 Å². The highest BCUT2D eigenvalue weighted by Gasteiger charge is 2.19. The molecule has 0 amide bonds. The quantitative estimate of drug-likeness (QED) is 0.788. The predicted octanol–water partition coefficient (Wildman–Crippen LogP) is 3.86. The molecule has 0 saturated carbocycles. The van der Waals surface area contributed by atoms with Crippen LogP contribution in [0.1, 0.15) is 21.7 Å². The van der Waals surface area contributed by atoms with Crippen molar-refractivity contribution < 1.29 is 18.0 Å². The van der Waals surface area contributed by atoms with Gasteiger partial charge in [0.05, 0.1) is 5.56 Å². The number of carbonyl (C=O) groups excluding carboxylic acids is 1. The molecule has 2 nitrogen and oxygen atoms in total. The van der Waals surface area contributed by atoms with Crippen LogP contribution in [0.5, 0.6) is 0 Å². The zero-order chi connectivity index (χ0) is 12.6. The fraction of sp³-hybridized carbons (Fsp3) is 0.0833. The number of benzene rings is 1. The molecule has 2 aromatic rings. The largest absolute Gasteiger partial charge is 0.446 e. The minimum Gasteiger partial charge on any atom is -0.446 e. The smallest absolute Gasteiger partial charge is 0.231 e. The van der Waals surface area contributed by atoms with E-state index in [1.165, 1.54) is 19.1 Å². The van der Waals surface area contributed by atoms with Crippen LogP contribution in [0.3, 0.4) is 0 Å². The summed E-state index contributed by atoms with van der Waals surface area (Å²) < 4.78 is 32.2. The number of aryl methyl sites for hydroxylation is 1. The fourth-order valence-electron chi connectivity index (χ4n) is 1.39. The Balaban J connectivity index is 2.47.